The van der Waals surface area contributed by atoms with Gasteiger partial charge in [0, 0.05) is 30.4 Å². The highest BCUT2D eigenvalue weighted by molar-refractivity contribution is 7.97. The Balaban J connectivity index is 2.09. The highest BCUT2D eigenvalue weighted by Gasteiger charge is 2.20. The van der Waals surface area contributed by atoms with Crippen LogP contribution in [0.5, 0.6) is 0 Å². The van der Waals surface area contributed by atoms with Crippen LogP contribution in [0.1, 0.15) is 31.0 Å². The first-order valence-corrected chi connectivity index (χ1v) is 9.10. The number of anilines is 1. The number of carbonyl (C=O) groups is 1. The van der Waals surface area contributed by atoms with E-state index in [1.54, 1.807) is 29.1 Å². The molecule has 4 nitrogen and oxygen atoms in total. The number of hydrogen-bond donors (Lipinski definition) is 1. The highest BCUT2D eigenvalue weighted by atomic mass is 32.2. The fourth-order valence-corrected chi connectivity index (χ4v) is 3.01. The van der Waals surface area contributed by atoms with Gasteiger partial charge in [-0.05, 0) is 49.4 Å². The zero-order valence-corrected chi connectivity index (χ0v) is 14.6. The molecule has 0 saturated heterocycles. The molecule has 0 spiro atoms. The molecule has 122 valence electrons. The van der Waals surface area contributed by atoms with Crippen LogP contribution in [0.15, 0.2) is 48.8 Å². The molecule has 0 aliphatic heterocycles. The van der Waals surface area contributed by atoms with Gasteiger partial charge in [-0.25, -0.2) is 4.79 Å². The van der Waals surface area contributed by atoms with Crippen LogP contribution < -0.4 is 5.32 Å². The van der Waals surface area contributed by atoms with Crippen molar-refractivity contribution in [2.75, 3.05) is 18.1 Å². The molecule has 1 atom stereocenters. The second-order valence-corrected chi connectivity index (χ2v) is 6.18. The zero-order valence-electron chi connectivity index (χ0n) is 13.8. The third-order valence-electron chi connectivity index (χ3n) is 3.73. The van der Waals surface area contributed by atoms with Crippen LogP contribution in [0.2, 0.25) is 0 Å². The maximum Gasteiger partial charge on any atom is 0.322 e. The number of urea groups is 1. The van der Waals surface area contributed by atoms with Crippen molar-refractivity contribution in [3.63, 3.8) is 0 Å². The van der Waals surface area contributed by atoms with Crippen molar-refractivity contribution in [2.45, 2.75) is 25.6 Å². The number of nitrogens with zero attached hydrogens (tertiary/aromatic N) is 2. The van der Waals surface area contributed by atoms with Gasteiger partial charge < -0.3 is 10.2 Å². The van der Waals surface area contributed by atoms with Crippen molar-refractivity contribution in [1.82, 2.24) is 9.88 Å². The fourth-order valence-electron chi connectivity index (χ4n) is 2.50. The number of thioether (sulfide) groups is 1. The van der Waals surface area contributed by atoms with E-state index in [0.29, 0.717) is 6.54 Å². The summed E-state index contributed by atoms with van der Waals surface area (Å²) in [6.07, 6.45) is 5.61. The number of aromatic nitrogens is 1. The first-order valence-electron chi connectivity index (χ1n) is 7.71. The van der Waals surface area contributed by atoms with Crippen LogP contribution in [0.4, 0.5) is 10.5 Å². The van der Waals surface area contributed by atoms with Crippen molar-refractivity contribution >= 4 is 23.5 Å². The Morgan fingerprint density at radius 2 is 2.17 bits per heavy atom. The average Bonchev–Trinajstić information content (AvgIpc) is 2.57. The lowest BCUT2D eigenvalue weighted by atomic mass is 10.1. The van der Waals surface area contributed by atoms with Gasteiger partial charge in [0.25, 0.3) is 0 Å². The lowest BCUT2D eigenvalue weighted by Crippen LogP contribution is -2.36. The summed E-state index contributed by atoms with van der Waals surface area (Å²) in [7, 11) is 0. The van der Waals surface area contributed by atoms with Crippen molar-refractivity contribution in [3.05, 3.63) is 59.9 Å². The highest BCUT2D eigenvalue weighted by Crippen LogP contribution is 2.21. The third-order valence-corrected chi connectivity index (χ3v) is 4.35. The number of nitrogens with one attached hydrogen (secondary N) is 1. The minimum atomic E-state index is -0.0924. The molecule has 0 radical (unpaired) electrons. The third kappa shape index (κ3) is 4.73. The number of hydrogen-bond acceptors (Lipinski definition) is 3. The molecular formula is C18H23N3OS. The minimum absolute atomic E-state index is 0.0249. The Bertz CT molecular complexity index is 633. The minimum Gasteiger partial charge on any atom is -0.318 e. The smallest absolute Gasteiger partial charge is 0.318 e. The number of pyridine rings is 1. The molecule has 2 amide bonds. The Kier molecular flexibility index (Phi) is 6.47. The predicted octanol–water partition coefficient (Wildman–Crippen LogP) is 4.56. The first kappa shape index (κ1) is 17.3. The molecule has 0 aliphatic carbocycles. The molecule has 1 aromatic heterocycles. The quantitative estimate of drug-likeness (QED) is 0.845. The van der Waals surface area contributed by atoms with E-state index in [9.17, 15) is 4.79 Å². The molecule has 2 rings (SSSR count). The van der Waals surface area contributed by atoms with Crippen LogP contribution in [0.3, 0.4) is 0 Å². The van der Waals surface area contributed by atoms with E-state index < -0.39 is 0 Å². The summed E-state index contributed by atoms with van der Waals surface area (Å²) in [6.45, 7) is 4.63. The predicted molar refractivity (Wildman–Crippen MR) is 97.7 cm³/mol. The van der Waals surface area contributed by atoms with Gasteiger partial charge in [-0.2, -0.15) is 11.8 Å². The maximum absolute atomic E-state index is 12.6. The summed E-state index contributed by atoms with van der Waals surface area (Å²) < 4.78 is 0. The lowest BCUT2D eigenvalue weighted by molar-refractivity contribution is 0.197. The summed E-state index contributed by atoms with van der Waals surface area (Å²) in [6, 6.07) is 11.8. The molecule has 0 unspecified atom stereocenters. The molecule has 23 heavy (non-hydrogen) atoms. The average molecular weight is 329 g/mol. The summed E-state index contributed by atoms with van der Waals surface area (Å²) in [4.78, 5) is 18.6. The van der Waals surface area contributed by atoms with E-state index in [0.717, 1.165) is 17.0 Å². The number of carbonyl (C=O) groups excluding carboxylic acids is 1. The van der Waals surface area contributed by atoms with Crippen molar-refractivity contribution in [3.8, 4) is 0 Å². The van der Waals surface area contributed by atoms with E-state index >= 15 is 0 Å². The van der Waals surface area contributed by atoms with Gasteiger partial charge in [-0.1, -0.05) is 18.2 Å². The molecule has 5 heteroatoms. The molecule has 2 aromatic rings. The Morgan fingerprint density at radius 3 is 2.83 bits per heavy atom. The molecular weight excluding hydrogens is 306 g/mol. The SMILES string of the molecule is CCN(C(=O)Nc1cccc(CSC)c1)[C@@H](C)c1cccnc1. The molecule has 0 aliphatic rings. The topological polar surface area (TPSA) is 45.2 Å². The van der Waals surface area contributed by atoms with Gasteiger partial charge in [-0.15, -0.1) is 0 Å². The molecule has 0 fully saturated rings. The molecule has 1 N–H and O–H groups in total. The van der Waals surface area contributed by atoms with E-state index in [2.05, 4.69) is 22.6 Å². The van der Waals surface area contributed by atoms with Crippen LogP contribution in [0, 0.1) is 0 Å². The number of amides is 2. The van der Waals surface area contributed by atoms with E-state index in [-0.39, 0.29) is 12.1 Å². The largest absolute Gasteiger partial charge is 0.322 e. The summed E-state index contributed by atoms with van der Waals surface area (Å²) >= 11 is 1.77. The molecule has 0 bridgehead atoms. The van der Waals surface area contributed by atoms with Crippen molar-refractivity contribution in [1.29, 1.82) is 0 Å². The maximum atomic E-state index is 12.6. The Labute approximate surface area is 142 Å². The van der Waals surface area contributed by atoms with Gasteiger partial charge in [0.2, 0.25) is 0 Å². The normalized spacial score (nSPS) is 11.8. The summed E-state index contributed by atoms with van der Waals surface area (Å²) in [5, 5.41) is 3.00. The van der Waals surface area contributed by atoms with Crippen molar-refractivity contribution in [2.24, 2.45) is 0 Å². The van der Waals surface area contributed by atoms with Gasteiger partial charge in [0.15, 0.2) is 0 Å². The molecule has 0 saturated carbocycles. The van der Waals surface area contributed by atoms with Crippen molar-refractivity contribution < 1.29 is 4.79 Å². The number of rotatable bonds is 6. The van der Waals surface area contributed by atoms with E-state index in [1.807, 2.05) is 44.2 Å². The fraction of sp³-hybridized carbons (Fsp3) is 0.333. The lowest BCUT2D eigenvalue weighted by Gasteiger charge is -2.28. The van der Waals surface area contributed by atoms with Crippen LogP contribution in [0.25, 0.3) is 0 Å². The standard InChI is InChI=1S/C18H23N3OS/c1-4-21(14(2)16-8-6-10-19-12-16)18(22)20-17-9-5-7-15(11-17)13-23-3/h5-12,14H,4,13H2,1-3H3,(H,20,22)/t14-/m0/s1. The number of benzene rings is 1. The monoisotopic (exact) mass is 329 g/mol. The summed E-state index contributed by atoms with van der Waals surface area (Å²) in [5.41, 5.74) is 3.07. The molecule has 1 heterocycles. The van der Waals surface area contributed by atoms with Crippen LogP contribution >= 0.6 is 11.8 Å². The Morgan fingerprint density at radius 1 is 1.35 bits per heavy atom. The second kappa shape index (κ2) is 8.58. The van der Waals surface area contributed by atoms with Gasteiger partial charge in [0.05, 0.1) is 6.04 Å². The Hall–Kier alpha value is -2.01. The van der Waals surface area contributed by atoms with E-state index in [1.165, 1.54) is 5.56 Å². The van der Waals surface area contributed by atoms with Crippen LogP contribution in [-0.4, -0.2) is 28.7 Å². The van der Waals surface area contributed by atoms with E-state index in [4.69, 9.17) is 0 Å². The summed E-state index contributed by atoms with van der Waals surface area (Å²) in [5.74, 6) is 0.938. The van der Waals surface area contributed by atoms with Gasteiger partial charge in [0.1, 0.15) is 0 Å². The zero-order chi connectivity index (χ0) is 16.7. The van der Waals surface area contributed by atoms with Crippen LogP contribution in [-0.2, 0) is 5.75 Å². The first-order chi connectivity index (χ1) is 11.2. The molecule has 1 aromatic carbocycles. The van der Waals surface area contributed by atoms with Gasteiger partial charge in [-0.3, -0.25) is 4.98 Å². The van der Waals surface area contributed by atoms with Gasteiger partial charge >= 0.3 is 6.03 Å². The second-order valence-electron chi connectivity index (χ2n) is 5.31.